The molecular formula is C21H32F3N5O. The standard InChI is InChI=1S/C21H32F3N5O/c1-4-25-20(27-11-10-26-19(30)15(2)3)28-18-9-12-29(14-18)13-16-5-7-17(8-6-16)21(22,23)24/h5-8,15,18H,4,9-14H2,1-3H3,(H,26,30)(H2,25,27,28). The van der Waals surface area contributed by atoms with Gasteiger partial charge in [0.05, 0.1) is 12.1 Å². The molecule has 1 atom stereocenters. The van der Waals surface area contributed by atoms with Crippen LogP contribution in [0.1, 0.15) is 38.3 Å². The smallest absolute Gasteiger partial charge is 0.357 e. The number of amides is 1. The molecule has 2 rings (SSSR count). The molecule has 1 amide bonds. The second kappa shape index (κ2) is 11.2. The highest BCUT2D eigenvalue weighted by molar-refractivity contribution is 5.80. The van der Waals surface area contributed by atoms with Crippen molar-refractivity contribution in [1.82, 2.24) is 20.9 Å². The van der Waals surface area contributed by atoms with Gasteiger partial charge in [-0.2, -0.15) is 13.2 Å². The van der Waals surface area contributed by atoms with Crippen molar-refractivity contribution in [3.05, 3.63) is 35.4 Å². The molecule has 1 aromatic carbocycles. The number of benzene rings is 1. The molecule has 9 heteroatoms. The molecule has 0 aliphatic carbocycles. The van der Waals surface area contributed by atoms with Crippen LogP contribution >= 0.6 is 0 Å². The molecular weight excluding hydrogens is 395 g/mol. The maximum absolute atomic E-state index is 12.7. The summed E-state index contributed by atoms with van der Waals surface area (Å²) in [6, 6.07) is 5.56. The second-order valence-electron chi connectivity index (χ2n) is 7.77. The van der Waals surface area contributed by atoms with Crippen LogP contribution in [0.4, 0.5) is 13.2 Å². The number of hydrogen-bond acceptors (Lipinski definition) is 3. The molecule has 1 unspecified atom stereocenters. The first-order valence-corrected chi connectivity index (χ1v) is 10.4. The van der Waals surface area contributed by atoms with E-state index in [1.165, 1.54) is 0 Å². The van der Waals surface area contributed by atoms with Crippen LogP contribution in [-0.4, -0.2) is 55.5 Å². The van der Waals surface area contributed by atoms with Crippen LogP contribution in [0.2, 0.25) is 0 Å². The summed E-state index contributed by atoms with van der Waals surface area (Å²) in [4.78, 5) is 18.3. The van der Waals surface area contributed by atoms with Crippen LogP contribution in [0, 0.1) is 5.92 Å². The lowest BCUT2D eigenvalue weighted by molar-refractivity contribution is -0.137. The fraction of sp³-hybridized carbons (Fsp3) is 0.619. The molecule has 1 aliphatic rings. The lowest BCUT2D eigenvalue weighted by Gasteiger charge is -2.19. The minimum Gasteiger partial charge on any atom is -0.357 e. The van der Waals surface area contributed by atoms with Gasteiger partial charge < -0.3 is 16.0 Å². The predicted octanol–water partition coefficient (Wildman–Crippen LogP) is 2.61. The van der Waals surface area contributed by atoms with Crippen molar-refractivity contribution in [3.63, 3.8) is 0 Å². The molecule has 1 saturated heterocycles. The molecule has 30 heavy (non-hydrogen) atoms. The number of aliphatic imine (C=N–C) groups is 1. The van der Waals surface area contributed by atoms with Crippen LogP contribution in [-0.2, 0) is 17.5 Å². The first-order valence-electron chi connectivity index (χ1n) is 10.4. The molecule has 0 aromatic heterocycles. The van der Waals surface area contributed by atoms with Crippen LogP contribution in [0.3, 0.4) is 0 Å². The Hall–Kier alpha value is -2.29. The van der Waals surface area contributed by atoms with Crippen LogP contribution < -0.4 is 16.0 Å². The third kappa shape index (κ3) is 7.85. The zero-order chi connectivity index (χ0) is 22.1. The van der Waals surface area contributed by atoms with Crippen molar-refractivity contribution >= 4 is 11.9 Å². The molecule has 1 aliphatic heterocycles. The van der Waals surface area contributed by atoms with Gasteiger partial charge in [-0.25, -0.2) is 0 Å². The number of alkyl halides is 3. The van der Waals surface area contributed by atoms with Crippen LogP contribution in [0.25, 0.3) is 0 Å². The highest BCUT2D eigenvalue weighted by Crippen LogP contribution is 2.29. The van der Waals surface area contributed by atoms with Crippen molar-refractivity contribution in [3.8, 4) is 0 Å². The summed E-state index contributed by atoms with van der Waals surface area (Å²) in [6.45, 7) is 9.65. The Balaban J connectivity index is 1.81. The van der Waals surface area contributed by atoms with Gasteiger partial charge in [0.2, 0.25) is 5.91 Å². The monoisotopic (exact) mass is 427 g/mol. The maximum Gasteiger partial charge on any atom is 0.416 e. The quantitative estimate of drug-likeness (QED) is 0.339. The van der Waals surface area contributed by atoms with E-state index in [1.54, 1.807) is 12.1 Å². The summed E-state index contributed by atoms with van der Waals surface area (Å²) < 4.78 is 38.1. The number of hydrogen-bond donors (Lipinski definition) is 3. The zero-order valence-corrected chi connectivity index (χ0v) is 17.9. The maximum atomic E-state index is 12.7. The fourth-order valence-electron chi connectivity index (χ4n) is 3.22. The largest absolute Gasteiger partial charge is 0.416 e. The van der Waals surface area contributed by atoms with Crippen molar-refractivity contribution in [2.24, 2.45) is 10.9 Å². The van der Waals surface area contributed by atoms with Crippen molar-refractivity contribution in [1.29, 1.82) is 0 Å². The number of carbonyl (C=O) groups excluding carboxylic acids is 1. The zero-order valence-electron chi connectivity index (χ0n) is 17.9. The summed E-state index contributed by atoms with van der Waals surface area (Å²) in [5.41, 5.74) is 0.244. The van der Waals surface area contributed by atoms with Crippen molar-refractivity contribution in [2.45, 2.75) is 46.0 Å². The van der Waals surface area contributed by atoms with Crippen molar-refractivity contribution < 1.29 is 18.0 Å². The van der Waals surface area contributed by atoms with E-state index < -0.39 is 11.7 Å². The highest BCUT2D eigenvalue weighted by atomic mass is 19.4. The van der Waals surface area contributed by atoms with Gasteiger partial charge in [0.15, 0.2) is 5.96 Å². The van der Waals surface area contributed by atoms with E-state index in [0.29, 0.717) is 25.6 Å². The van der Waals surface area contributed by atoms with E-state index in [9.17, 15) is 18.0 Å². The Kier molecular flexibility index (Phi) is 8.95. The predicted molar refractivity (Wildman–Crippen MR) is 112 cm³/mol. The molecule has 1 aromatic rings. The lowest BCUT2D eigenvalue weighted by atomic mass is 10.1. The average Bonchev–Trinajstić information content (AvgIpc) is 3.11. The first-order chi connectivity index (χ1) is 14.2. The fourth-order valence-corrected chi connectivity index (χ4v) is 3.22. The SMILES string of the molecule is CCNC(=NCCNC(=O)C(C)C)NC1CCN(Cc2ccc(C(F)(F)F)cc2)C1. The minimum atomic E-state index is -4.30. The second-order valence-corrected chi connectivity index (χ2v) is 7.77. The van der Waals surface area contributed by atoms with E-state index in [4.69, 9.17) is 0 Å². The van der Waals surface area contributed by atoms with Gasteiger partial charge >= 0.3 is 6.18 Å². The number of nitrogens with zero attached hydrogens (tertiary/aromatic N) is 2. The van der Waals surface area contributed by atoms with Gasteiger partial charge in [0.1, 0.15) is 0 Å². The highest BCUT2D eigenvalue weighted by Gasteiger charge is 2.30. The molecule has 6 nitrogen and oxygen atoms in total. The Morgan fingerprint density at radius 2 is 1.93 bits per heavy atom. The summed E-state index contributed by atoms with van der Waals surface area (Å²) >= 11 is 0. The molecule has 0 saturated carbocycles. The Bertz CT molecular complexity index is 704. The van der Waals surface area contributed by atoms with E-state index >= 15 is 0 Å². The van der Waals surface area contributed by atoms with Gasteiger partial charge in [0, 0.05) is 44.7 Å². The van der Waals surface area contributed by atoms with E-state index in [2.05, 4.69) is 25.8 Å². The van der Waals surface area contributed by atoms with E-state index in [1.807, 2.05) is 20.8 Å². The molecule has 1 heterocycles. The molecule has 0 bridgehead atoms. The third-order valence-corrected chi connectivity index (χ3v) is 4.85. The van der Waals surface area contributed by atoms with Gasteiger partial charge in [0.25, 0.3) is 0 Å². The van der Waals surface area contributed by atoms with Gasteiger partial charge in [-0.3, -0.25) is 14.7 Å². The number of nitrogens with one attached hydrogen (secondary N) is 3. The Labute approximate surface area is 176 Å². The van der Waals surface area contributed by atoms with Crippen molar-refractivity contribution in [2.75, 3.05) is 32.7 Å². The summed E-state index contributed by atoms with van der Waals surface area (Å²) in [5, 5.41) is 9.46. The molecule has 1 fully saturated rings. The van der Waals surface area contributed by atoms with Gasteiger partial charge in [-0.05, 0) is 31.0 Å². The molecule has 0 radical (unpaired) electrons. The summed E-state index contributed by atoms with van der Waals surface area (Å²) in [5.74, 6) is 0.671. The van der Waals surface area contributed by atoms with E-state index in [0.717, 1.165) is 43.8 Å². The minimum absolute atomic E-state index is 0.0119. The van der Waals surface area contributed by atoms with Gasteiger partial charge in [-0.1, -0.05) is 26.0 Å². The van der Waals surface area contributed by atoms with Gasteiger partial charge in [-0.15, -0.1) is 0 Å². The number of halogens is 3. The number of guanidine groups is 1. The number of carbonyl (C=O) groups is 1. The molecule has 0 spiro atoms. The normalized spacial score (nSPS) is 18.0. The molecule has 168 valence electrons. The number of rotatable bonds is 8. The van der Waals surface area contributed by atoms with Crippen LogP contribution in [0.15, 0.2) is 29.3 Å². The molecule has 3 N–H and O–H groups in total. The van der Waals surface area contributed by atoms with E-state index in [-0.39, 0.29) is 17.9 Å². The summed E-state index contributed by atoms with van der Waals surface area (Å²) in [6.07, 6.45) is -3.38. The Morgan fingerprint density at radius 1 is 1.23 bits per heavy atom. The Morgan fingerprint density at radius 3 is 2.53 bits per heavy atom. The number of likely N-dealkylation sites (tertiary alicyclic amines) is 1. The third-order valence-electron chi connectivity index (χ3n) is 4.85. The lowest BCUT2D eigenvalue weighted by Crippen LogP contribution is -2.45. The first kappa shape index (κ1) is 24.0. The topological polar surface area (TPSA) is 68.8 Å². The van der Waals surface area contributed by atoms with Crippen LogP contribution in [0.5, 0.6) is 0 Å². The average molecular weight is 428 g/mol. The summed E-state index contributed by atoms with van der Waals surface area (Å²) in [7, 11) is 0.